The molecule has 4 aliphatic rings. The van der Waals surface area contributed by atoms with Crippen molar-refractivity contribution in [3.8, 4) is 17.2 Å². The van der Waals surface area contributed by atoms with E-state index in [1.54, 1.807) is 14.0 Å². The summed E-state index contributed by atoms with van der Waals surface area (Å²) in [7, 11) is -0.716. The number of sulfonamides is 1. The topological polar surface area (TPSA) is 142 Å². The molecule has 0 radical (unpaired) electrons. The quantitative estimate of drug-likeness (QED) is 0.361. The van der Waals surface area contributed by atoms with Crippen LogP contribution in [-0.4, -0.2) is 113 Å². The van der Waals surface area contributed by atoms with Crippen LogP contribution in [0, 0.1) is 5.82 Å². The van der Waals surface area contributed by atoms with Crippen molar-refractivity contribution in [2.75, 3.05) is 92.7 Å². The first kappa shape index (κ1) is 36.7. The fraction of sp³-hybridized carbons (Fsp3) is 0.500. The van der Waals surface area contributed by atoms with Gasteiger partial charge in [-0.3, -0.25) is 14.0 Å². The summed E-state index contributed by atoms with van der Waals surface area (Å²) in [6.45, 7) is 7.21. The molecule has 7 rings (SSSR count). The molecule has 1 amide bonds. The maximum absolute atomic E-state index is 15.3. The Morgan fingerprint density at radius 1 is 1.00 bits per heavy atom. The molecule has 2 N–H and O–H groups in total. The van der Waals surface area contributed by atoms with E-state index in [-0.39, 0.29) is 41.4 Å². The summed E-state index contributed by atoms with van der Waals surface area (Å²) in [5.74, 6) is 1.14. The summed E-state index contributed by atoms with van der Waals surface area (Å²) >= 11 is 3.46. The van der Waals surface area contributed by atoms with Gasteiger partial charge in [0, 0.05) is 89.7 Å². The molecule has 0 saturated carbocycles. The Balaban J connectivity index is 1.28. The van der Waals surface area contributed by atoms with Crippen molar-refractivity contribution in [1.29, 1.82) is 0 Å². The third-order valence-electron chi connectivity index (χ3n) is 9.55. The molecule has 6 bridgehead atoms. The lowest BCUT2D eigenvalue weighted by atomic mass is 10.0. The molecule has 51 heavy (non-hydrogen) atoms. The van der Waals surface area contributed by atoms with Crippen molar-refractivity contribution in [2.24, 2.45) is 0 Å². The van der Waals surface area contributed by atoms with E-state index >= 15 is 4.39 Å². The Kier molecular flexibility index (Phi) is 11.3. The average molecular weight is 792 g/mol. The van der Waals surface area contributed by atoms with E-state index < -0.39 is 15.8 Å². The molecule has 2 aromatic carbocycles. The summed E-state index contributed by atoms with van der Waals surface area (Å²) in [5.41, 5.74) is 1.85. The third-order valence-corrected chi connectivity index (χ3v) is 11.3. The minimum atomic E-state index is -3.70. The van der Waals surface area contributed by atoms with Gasteiger partial charge in [0.05, 0.1) is 53.8 Å². The molecule has 2 saturated heterocycles. The first-order valence-electron chi connectivity index (χ1n) is 17.0. The maximum atomic E-state index is 15.3. The van der Waals surface area contributed by atoms with Crippen molar-refractivity contribution in [3.63, 3.8) is 0 Å². The number of piperidine rings is 1. The molecular weight excluding hydrogens is 747 g/mol. The molecule has 4 aliphatic heterocycles. The number of ether oxygens (including phenoxy) is 3. The minimum absolute atomic E-state index is 0.0663. The van der Waals surface area contributed by atoms with Gasteiger partial charge < -0.3 is 34.6 Å². The van der Waals surface area contributed by atoms with Crippen LogP contribution in [0.5, 0.6) is 17.2 Å². The van der Waals surface area contributed by atoms with Crippen LogP contribution in [-0.2, 0) is 14.8 Å². The van der Waals surface area contributed by atoms with Gasteiger partial charge in [-0.05, 0) is 41.6 Å². The summed E-state index contributed by atoms with van der Waals surface area (Å²) in [4.78, 5) is 27.6. The van der Waals surface area contributed by atoms with Gasteiger partial charge in [-0.15, -0.1) is 0 Å². The second-order valence-corrected chi connectivity index (χ2v) is 15.7. The van der Waals surface area contributed by atoms with E-state index in [9.17, 15) is 13.2 Å². The molecule has 0 spiro atoms. The number of fused-ring (bicyclic) bond motifs is 7. The molecule has 1 aromatic heterocycles. The number of hydrogen-bond donors (Lipinski definition) is 2. The number of carbonyl (C=O) groups is 1. The number of nitrogens with one attached hydrogen (secondary N) is 2. The van der Waals surface area contributed by atoms with Crippen LogP contribution in [0.15, 0.2) is 34.9 Å². The van der Waals surface area contributed by atoms with E-state index in [1.165, 1.54) is 25.4 Å². The number of rotatable bonds is 5. The fourth-order valence-electron chi connectivity index (χ4n) is 6.58. The van der Waals surface area contributed by atoms with E-state index in [0.717, 1.165) is 68.4 Å². The van der Waals surface area contributed by atoms with Crippen LogP contribution in [0.3, 0.4) is 0 Å². The van der Waals surface area contributed by atoms with Crippen molar-refractivity contribution >= 4 is 66.4 Å². The number of nitrogens with zero attached hydrogens (tertiary/aromatic N) is 6. The number of halogens is 2. The van der Waals surface area contributed by atoms with Gasteiger partial charge in [0.1, 0.15) is 17.3 Å². The van der Waals surface area contributed by atoms with Gasteiger partial charge in [0.25, 0.3) is 0 Å². The summed E-state index contributed by atoms with van der Waals surface area (Å²) in [6.07, 6.45) is 5.77. The number of benzene rings is 2. The Morgan fingerprint density at radius 3 is 2.33 bits per heavy atom. The molecule has 14 nitrogen and oxygen atoms in total. The van der Waals surface area contributed by atoms with Gasteiger partial charge in [0.15, 0.2) is 11.6 Å². The van der Waals surface area contributed by atoms with Crippen molar-refractivity contribution in [3.05, 3.63) is 40.8 Å². The number of amides is 1. The highest BCUT2D eigenvalue weighted by atomic mass is 79.9. The van der Waals surface area contributed by atoms with E-state index in [2.05, 4.69) is 46.3 Å². The fourth-order valence-corrected chi connectivity index (χ4v) is 7.37. The highest BCUT2D eigenvalue weighted by molar-refractivity contribution is 9.10. The molecule has 0 unspecified atom stereocenters. The van der Waals surface area contributed by atoms with Gasteiger partial charge in [-0.2, -0.15) is 4.98 Å². The Bertz CT molecular complexity index is 1850. The molecule has 0 atom stereocenters. The average Bonchev–Trinajstić information content (AvgIpc) is 3.11. The normalized spacial score (nSPS) is 17.7. The number of methoxy groups -OCH3 is 1. The van der Waals surface area contributed by atoms with Gasteiger partial charge in [0.2, 0.25) is 21.9 Å². The van der Waals surface area contributed by atoms with Crippen LogP contribution in [0.4, 0.5) is 38.9 Å². The summed E-state index contributed by atoms with van der Waals surface area (Å²) in [6, 6.07) is 6.87. The highest BCUT2D eigenvalue weighted by Crippen LogP contribution is 2.42. The zero-order valence-corrected chi connectivity index (χ0v) is 31.6. The Hall–Kier alpha value is -4.09. The van der Waals surface area contributed by atoms with E-state index in [1.807, 2.05) is 17.0 Å². The standard InChI is InChI=1S/C34H44BrFN8O6S/c1-22(45)42-11-13-43(14-12-42)23-7-9-44(10-8-23)29-20-31(48-3)27-18-32(29)50-16-6-5-15-49-30-19-28(41(2)51(4,46)47)26(17-25(30)36)38-33-24(35)21-37-34(39-27)40-33/h17-21,23H,5-16H2,1-4H3,(H2,37,38,39,40). The Morgan fingerprint density at radius 2 is 1.69 bits per heavy atom. The van der Waals surface area contributed by atoms with Crippen LogP contribution in [0.2, 0.25) is 0 Å². The third kappa shape index (κ3) is 8.52. The van der Waals surface area contributed by atoms with E-state index in [4.69, 9.17) is 14.2 Å². The maximum Gasteiger partial charge on any atom is 0.232 e. The SMILES string of the molecule is COc1cc(N2CCC(N3CCN(C(C)=O)CC3)CC2)c2cc1Nc1ncc(Br)c(n1)Nc1cc(F)c(cc1N(C)S(C)(=O)=O)OCCCCO2. The smallest absolute Gasteiger partial charge is 0.232 e. The second kappa shape index (κ2) is 15.7. The zero-order valence-electron chi connectivity index (χ0n) is 29.2. The summed E-state index contributed by atoms with van der Waals surface area (Å²) < 4.78 is 60.0. The number of carbonyl (C=O) groups excluding carboxylic acids is 1. The molecule has 3 aromatic rings. The molecule has 17 heteroatoms. The predicted octanol–water partition coefficient (Wildman–Crippen LogP) is 4.95. The van der Waals surface area contributed by atoms with Crippen LogP contribution < -0.4 is 34.0 Å². The first-order chi connectivity index (χ1) is 24.4. The monoisotopic (exact) mass is 790 g/mol. The number of aromatic nitrogens is 2. The molecule has 2 fully saturated rings. The molecule has 5 heterocycles. The van der Waals surface area contributed by atoms with Crippen molar-refractivity contribution in [2.45, 2.75) is 38.6 Å². The predicted molar refractivity (Wildman–Crippen MR) is 198 cm³/mol. The van der Waals surface area contributed by atoms with Crippen molar-refractivity contribution in [1.82, 2.24) is 19.8 Å². The number of hydrogen-bond acceptors (Lipinski definition) is 12. The van der Waals surface area contributed by atoms with Gasteiger partial charge in [-0.1, -0.05) is 0 Å². The lowest BCUT2D eigenvalue weighted by Gasteiger charge is -2.43. The Labute approximate surface area is 306 Å². The number of anilines is 6. The molecule has 276 valence electrons. The van der Waals surface area contributed by atoms with E-state index in [0.29, 0.717) is 47.1 Å². The van der Waals surface area contributed by atoms with Gasteiger partial charge >= 0.3 is 0 Å². The molecule has 0 aliphatic carbocycles. The lowest BCUT2D eigenvalue weighted by Crippen LogP contribution is -2.54. The van der Waals surface area contributed by atoms with Gasteiger partial charge in [-0.25, -0.2) is 17.8 Å². The van der Waals surface area contributed by atoms with Crippen LogP contribution in [0.1, 0.15) is 32.6 Å². The van der Waals surface area contributed by atoms with Crippen LogP contribution >= 0.6 is 15.9 Å². The van der Waals surface area contributed by atoms with Crippen molar-refractivity contribution < 1.29 is 31.8 Å². The summed E-state index contributed by atoms with van der Waals surface area (Å²) in [5, 5.41) is 6.32. The largest absolute Gasteiger partial charge is 0.494 e. The number of piperazine rings is 1. The minimum Gasteiger partial charge on any atom is -0.494 e. The molecular formula is C34H44BrFN8O6S. The zero-order chi connectivity index (χ0) is 36.3. The second-order valence-electron chi connectivity index (χ2n) is 12.9. The van der Waals surface area contributed by atoms with Crippen LogP contribution in [0.25, 0.3) is 0 Å². The highest BCUT2D eigenvalue weighted by Gasteiger charge is 2.30. The first-order valence-corrected chi connectivity index (χ1v) is 19.6. The lowest BCUT2D eigenvalue weighted by molar-refractivity contribution is -0.130.